The van der Waals surface area contributed by atoms with Crippen LogP contribution < -0.4 is 4.74 Å². The lowest BCUT2D eigenvalue weighted by molar-refractivity contribution is 0.0690. The maximum atomic E-state index is 14.0. The molecule has 0 bridgehead atoms. The summed E-state index contributed by atoms with van der Waals surface area (Å²) in [5, 5.41) is 8.88. The fourth-order valence-corrected chi connectivity index (χ4v) is 1.80. The molecule has 0 atom stereocenters. The van der Waals surface area contributed by atoms with Crippen LogP contribution in [-0.4, -0.2) is 16.1 Å². The first-order valence-corrected chi connectivity index (χ1v) is 6.45. The molecule has 1 heterocycles. The van der Waals surface area contributed by atoms with E-state index in [1.807, 2.05) is 6.07 Å². The maximum absolute atomic E-state index is 14.0. The summed E-state index contributed by atoms with van der Waals surface area (Å²) in [6.07, 6.45) is 1.20. The molecular formula is C16H16FNO3. The number of hydrogen-bond donors (Lipinski definition) is 1. The third kappa shape index (κ3) is 3.37. The number of aromatic nitrogens is 1. The quantitative estimate of drug-likeness (QED) is 0.927. The molecule has 0 unspecified atom stereocenters. The number of ether oxygens (including phenoxy) is 1. The Bertz CT molecular complexity index is 677. The predicted octanol–water partition coefficient (Wildman–Crippen LogP) is 4.01. The largest absolute Gasteiger partial charge is 0.478 e. The van der Waals surface area contributed by atoms with Crippen LogP contribution in [0.3, 0.4) is 0 Å². The van der Waals surface area contributed by atoms with Crippen molar-refractivity contribution in [1.82, 2.24) is 4.98 Å². The van der Waals surface area contributed by atoms with E-state index in [1.165, 1.54) is 6.20 Å². The number of carboxylic acids is 1. The van der Waals surface area contributed by atoms with Crippen molar-refractivity contribution in [2.45, 2.75) is 26.2 Å². The van der Waals surface area contributed by atoms with Gasteiger partial charge >= 0.3 is 5.97 Å². The van der Waals surface area contributed by atoms with Crippen LogP contribution in [0.2, 0.25) is 0 Å². The summed E-state index contributed by atoms with van der Waals surface area (Å²) in [4.78, 5) is 14.6. The highest BCUT2D eigenvalue weighted by atomic mass is 19.1. The van der Waals surface area contributed by atoms with E-state index in [0.29, 0.717) is 5.75 Å². The fraction of sp³-hybridized carbons (Fsp3) is 0.250. The van der Waals surface area contributed by atoms with Gasteiger partial charge in [-0.1, -0.05) is 32.9 Å². The average molecular weight is 289 g/mol. The Morgan fingerprint density at radius 1 is 1.29 bits per heavy atom. The zero-order chi connectivity index (χ0) is 15.6. The summed E-state index contributed by atoms with van der Waals surface area (Å²) in [7, 11) is 0. The minimum Gasteiger partial charge on any atom is -0.478 e. The Balaban J connectivity index is 2.35. The molecule has 0 aliphatic heterocycles. The molecule has 0 aliphatic carbocycles. The Morgan fingerprint density at radius 2 is 2.00 bits per heavy atom. The predicted molar refractivity (Wildman–Crippen MR) is 76.4 cm³/mol. The fourth-order valence-electron chi connectivity index (χ4n) is 1.80. The summed E-state index contributed by atoms with van der Waals surface area (Å²) in [5.41, 5.74) is 0.482. The van der Waals surface area contributed by atoms with Gasteiger partial charge in [0.05, 0.1) is 0 Å². The molecule has 0 saturated heterocycles. The monoisotopic (exact) mass is 289 g/mol. The topological polar surface area (TPSA) is 59.4 Å². The molecule has 1 aromatic carbocycles. The van der Waals surface area contributed by atoms with Gasteiger partial charge in [-0.3, -0.25) is 0 Å². The number of rotatable bonds is 3. The van der Waals surface area contributed by atoms with Crippen LogP contribution in [0, 0.1) is 5.82 Å². The molecule has 4 nitrogen and oxygen atoms in total. The molecular weight excluding hydrogens is 273 g/mol. The van der Waals surface area contributed by atoms with E-state index in [0.717, 1.165) is 11.6 Å². The third-order valence-electron chi connectivity index (χ3n) is 3.00. The highest BCUT2D eigenvalue weighted by molar-refractivity contribution is 5.88. The minimum absolute atomic E-state index is 0.0751. The lowest BCUT2D eigenvalue weighted by atomic mass is 9.87. The van der Waals surface area contributed by atoms with Crippen molar-refractivity contribution in [3.05, 3.63) is 53.5 Å². The van der Waals surface area contributed by atoms with Gasteiger partial charge in [0.2, 0.25) is 0 Å². The SMILES string of the molecule is CC(C)(C)c1cccc(Oc2nccc(C(=O)O)c2F)c1. The van der Waals surface area contributed by atoms with Gasteiger partial charge in [-0.15, -0.1) is 0 Å². The smallest absolute Gasteiger partial charge is 0.338 e. The molecule has 5 heteroatoms. The Hall–Kier alpha value is -2.43. The standard InChI is InChI=1S/C16H16FNO3/c1-16(2,3)10-5-4-6-11(9-10)21-14-13(17)12(15(19)20)7-8-18-14/h4-9H,1-3H3,(H,19,20). The summed E-state index contributed by atoms with van der Waals surface area (Å²) in [6.45, 7) is 6.15. The van der Waals surface area contributed by atoms with Gasteiger partial charge in [0.15, 0.2) is 5.82 Å². The van der Waals surface area contributed by atoms with Gasteiger partial charge in [-0.2, -0.15) is 0 Å². The summed E-state index contributed by atoms with van der Waals surface area (Å²) in [5.74, 6) is -2.27. The van der Waals surface area contributed by atoms with E-state index in [1.54, 1.807) is 18.2 Å². The Morgan fingerprint density at radius 3 is 2.62 bits per heavy atom. The second-order valence-electron chi connectivity index (χ2n) is 5.66. The van der Waals surface area contributed by atoms with Gasteiger partial charge < -0.3 is 9.84 Å². The number of carbonyl (C=O) groups is 1. The first-order chi connectivity index (χ1) is 9.79. The van der Waals surface area contributed by atoms with Crippen molar-refractivity contribution in [3.8, 4) is 11.6 Å². The van der Waals surface area contributed by atoms with Gasteiger partial charge in [0, 0.05) is 6.20 Å². The second-order valence-corrected chi connectivity index (χ2v) is 5.66. The van der Waals surface area contributed by atoms with Crippen LogP contribution in [0.25, 0.3) is 0 Å². The molecule has 21 heavy (non-hydrogen) atoms. The molecule has 0 saturated carbocycles. The van der Waals surface area contributed by atoms with Gasteiger partial charge in [0.1, 0.15) is 11.3 Å². The first-order valence-electron chi connectivity index (χ1n) is 6.45. The number of nitrogens with zero attached hydrogens (tertiary/aromatic N) is 1. The molecule has 1 aromatic heterocycles. The number of benzene rings is 1. The normalized spacial score (nSPS) is 11.2. The van der Waals surface area contributed by atoms with Crippen molar-refractivity contribution in [2.24, 2.45) is 0 Å². The molecule has 0 fully saturated rings. The highest BCUT2D eigenvalue weighted by Gasteiger charge is 2.18. The van der Waals surface area contributed by atoms with Gasteiger partial charge in [-0.05, 0) is 29.2 Å². The molecule has 0 aliphatic rings. The maximum Gasteiger partial charge on any atom is 0.338 e. The van der Waals surface area contributed by atoms with Crippen LogP contribution in [-0.2, 0) is 5.41 Å². The molecule has 2 aromatic rings. The van der Waals surface area contributed by atoms with Crippen molar-refractivity contribution in [1.29, 1.82) is 0 Å². The average Bonchev–Trinajstić information content (AvgIpc) is 2.40. The molecule has 2 rings (SSSR count). The van der Waals surface area contributed by atoms with Crippen LogP contribution in [0.4, 0.5) is 4.39 Å². The zero-order valence-electron chi connectivity index (χ0n) is 12.1. The van der Waals surface area contributed by atoms with E-state index < -0.39 is 17.3 Å². The van der Waals surface area contributed by atoms with Gasteiger partial charge in [0.25, 0.3) is 5.88 Å². The van der Waals surface area contributed by atoms with E-state index in [4.69, 9.17) is 9.84 Å². The highest BCUT2D eigenvalue weighted by Crippen LogP contribution is 2.29. The summed E-state index contributed by atoms with van der Waals surface area (Å²) >= 11 is 0. The van der Waals surface area contributed by atoms with Crippen LogP contribution in [0.1, 0.15) is 36.7 Å². The van der Waals surface area contributed by atoms with Crippen molar-refractivity contribution in [2.75, 3.05) is 0 Å². The van der Waals surface area contributed by atoms with Crippen LogP contribution in [0.15, 0.2) is 36.5 Å². The van der Waals surface area contributed by atoms with Crippen LogP contribution >= 0.6 is 0 Å². The van der Waals surface area contributed by atoms with E-state index in [-0.39, 0.29) is 11.3 Å². The number of carboxylic acid groups (broad SMARTS) is 1. The second kappa shape index (κ2) is 5.52. The third-order valence-corrected chi connectivity index (χ3v) is 3.00. The number of halogens is 1. The number of hydrogen-bond acceptors (Lipinski definition) is 3. The molecule has 110 valence electrons. The Labute approximate surface area is 122 Å². The lowest BCUT2D eigenvalue weighted by Crippen LogP contribution is -2.10. The molecule has 0 spiro atoms. The number of pyridine rings is 1. The minimum atomic E-state index is -1.36. The van der Waals surface area contributed by atoms with E-state index in [2.05, 4.69) is 25.8 Å². The van der Waals surface area contributed by atoms with Crippen molar-refractivity contribution >= 4 is 5.97 Å². The van der Waals surface area contributed by atoms with E-state index in [9.17, 15) is 9.18 Å². The van der Waals surface area contributed by atoms with Gasteiger partial charge in [-0.25, -0.2) is 14.2 Å². The molecule has 0 amide bonds. The van der Waals surface area contributed by atoms with E-state index >= 15 is 0 Å². The molecule has 1 N–H and O–H groups in total. The lowest BCUT2D eigenvalue weighted by Gasteiger charge is -2.19. The first kappa shape index (κ1) is 15.0. The van der Waals surface area contributed by atoms with Crippen molar-refractivity contribution < 1.29 is 19.0 Å². The zero-order valence-corrected chi connectivity index (χ0v) is 12.1. The van der Waals surface area contributed by atoms with Crippen LogP contribution in [0.5, 0.6) is 11.6 Å². The molecule has 0 radical (unpaired) electrons. The Kier molecular flexibility index (Phi) is 3.93. The summed E-state index contributed by atoms with van der Waals surface area (Å²) in [6, 6.07) is 8.30. The summed E-state index contributed by atoms with van der Waals surface area (Å²) < 4.78 is 19.4. The van der Waals surface area contributed by atoms with Crippen molar-refractivity contribution in [3.63, 3.8) is 0 Å². The number of aromatic carboxylic acids is 1.